The van der Waals surface area contributed by atoms with Gasteiger partial charge in [0.25, 0.3) is 0 Å². The molecule has 0 fully saturated rings. The Balaban J connectivity index is 2.12. The molecule has 2 aromatic rings. The van der Waals surface area contributed by atoms with Crippen LogP contribution in [0.3, 0.4) is 0 Å². The Kier molecular flexibility index (Phi) is 3.26. The van der Waals surface area contributed by atoms with Crippen molar-refractivity contribution in [3.8, 4) is 0 Å². The van der Waals surface area contributed by atoms with Crippen molar-refractivity contribution in [3.63, 3.8) is 0 Å². The van der Waals surface area contributed by atoms with Crippen LogP contribution in [0.25, 0.3) is 0 Å². The van der Waals surface area contributed by atoms with Crippen molar-refractivity contribution in [1.82, 2.24) is 0 Å². The van der Waals surface area contributed by atoms with E-state index in [9.17, 15) is 14.3 Å². The summed E-state index contributed by atoms with van der Waals surface area (Å²) < 4.78 is 13.9. The number of carbonyl (C=O) groups is 1. The first-order valence-electron chi connectivity index (χ1n) is 6.84. The molecule has 21 heavy (non-hydrogen) atoms. The Bertz CT molecular complexity index is 740. The highest BCUT2D eigenvalue weighted by atomic mass is 19.1. The summed E-state index contributed by atoms with van der Waals surface area (Å²) in [7, 11) is 0. The van der Waals surface area contributed by atoms with Gasteiger partial charge < -0.3 is 10.4 Å². The Morgan fingerprint density at radius 1 is 1.19 bits per heavy atom. The van der Waals surface area contributed by atoms with Crippen LogP contribution in [-0.4, -0.2) is 11.0 Å². The zero-order valence-electron chi connectivity index (χ0n) is 11.9. The summed E-state index contributed by atoms with van der Waals surface area (Å²) in [4.78, 5) is 11.5. The average Bonchev–Trinajstić information content (AvgIpc) is 2.83. The highest BCUT2D eigenvalue weighted by Gasteiger charge is 2.25. The molecule has 1 atom stereocenters. The van der Waals surface area contributed by atoms with Crippen LogP contribution in [0.2, 0.25) is 0 Å². The van der Waals surface area contributed by atoms with Crippen LogP contribution in [0.5, 0.6) is 0 Å². The molecule has 1 unspecified atom stereocenters. The van der Waals surface area contributed by atoms with Gasteiger partial charge in [0.05, 0.1) is 6.42 Å². The van der Waals surface area contributed by atoms with Crippen LogP contribution in [0.15, 0.2) is 30.3 Å². The maximum absolute atomic E-state index is 13.9. The molecule has 0 saturated heterocycles. The number of hydrogen-bond acceptors (Lipinski definition) is 2. The number of aliphatic hydroxyl groups is 1. The van der Waals surface area contributed by atoms with Gasteiger partial charge in [0.15, 0.2) is 0 Å². The molecular formula is C17H16FNO2. The first-order valence-corrected chi connectivity index (χ1v) is 6.84. The largest absolute Gasteiger partial charge is 0.384 e. The number of carbonyl (C=O) groups excluding carboxylic acids is 1. The SMILES string of the molecule is Cc1c(C(O)c2ccccc2F)cc2c(c1C)NC(=O)C2. The average molecular weight is 285 g/mol. The molecule has 0 aliphatic carbocycles. The van der Waals surface area contributed by atoms with E-state index in [0.717, 1.165) is 22.4 Å². The quantitative estimate of drug-likeness (QED) is 0.891. The van der Waals surface area contributed by atoms with E-state index in [2.05, 4.69) is 5.32 Å². The Labute approximate surface area is 122 Å². The van der Waals surface area contributed by atoms with E-state index < -0.39 is 11.9 Å². The van der Waals surface area contributed by atoms with Crippen molar-refractivity contribution in [3.05, 3.63) is 64.0 Å². The van der Waals surface area contributed by atoms with Crippen molar-refractivity contribution < 1.29 is 14.3 Å². The third-order valence-electron chi connectivity index (χ3n) is 4.13. The first kappa shape index (κ1) is 13.8. The van der Waals surface area contributed by atoms with Crippen LogP contribution < -0.4 is 5.32 Å². The van der Waals surface area contributed by atoms with Gasteiger partial charge in [-0.05, 0) is 48.2 Å². The minimum absolute atomic E-state index is 0.0509. The topological polar surface area (TPSA) is 49.3 Å². The van der Waals surface area contributed by atoms with Crippen LogP contribution in [-0.2, 0) is 11.2 Å². The van der Waals surface area contributed by atoms with Gasteiger partial charge in [0.2, 0.25) is 5.91 Å². The summed E-state index contributed by atoms with van der Waals surface area (Å²) in [6.07, 6.45) is -0.737. The van der Waals surface area contributed by atoms with Gasteiger partial charge in [0, 0.05) is 11.3 Å². The van der Waals surface area contributed by atoms with Gasteiger partial charge in [-0.1, -0.05) is 18.2 Å². The lowest BCUT2D eigenvalue weighted by Gasteiger charge is -2.19. The fraction of sp³-hybridized carbons (Fsp3) is 0.235. The zero-order chi connectivity index (χ0) is 15.1. The van der Waals surface area contributed by atoms with Gasteiger partial charge in [-0.3, -0.25) is 4.79 Å². The standard InChI is InChI=1S/C17H16FNO2/c1-9-10(2)16-11(8-15(20)19-16)7-13(9)17(21)12-5-3-4-6-14(12)18/h3-7,17,21H,8H2,1-2H3,(H,19,20). The molecule has 2 aromatic carbocycles. The first-order chi connectivity index (χ1) is 9.99. The van der Waals surface area contributed by atoms with Crippen LogP contribution in [0.4, 0.5) is 10.1 Å². The molecule has 1 aliphatic rings. The fourth-order valence-corrected chi connectivity index (χ4v) is 2.83. The summed E-state index contributed by atoms with van der Waals surface area (Å²) in [6.45, 7) is 3.77. The van der Waals surface area contributed by atoms with E-state index in [-0.39, 0.29) is 11.5 Å². The molecule has 1 heterocycles. The summed E-state index contributed by atoms with van der Waals surface area (Å²) in [5, 5.41) is 13.4. The fourth-order valence-electron chi connectivity index (χ4n) is 2.83. The minimum Gasteiger partial charge on any atom is -0.384 e. The molecule has 108 valence electrons. The molecule has 0 bridgehead atoms. The van der Waals surface area contributed by atoms with Gasteiger partial charge >= 0.3 is 0 Å². The van der Waals surface area contributed by atoms with Crippen molar-refractivity contribution in [2.24, 2.45) is 0 Å². The number of hydrogen-bond donors (Lipinski definition) is 2. The number of benzene rings is 2. The molecule has 1 aliphatic heterocycles. The highest BCUT2D eigenvalue weighted by molar-refractivity contribution is 6.00. The van der Waals surface area contributed by atoms with Gasteiger partial charge in [-0.15, -0.1) is 0 Å². The highest BCUT2D eigenvalue weighted by Crippen LogP contribution is 2.36. The molecule has 0 aromatic heterocycles. The Hall–Kier alpha value is -2.20. The monoisotopic (exact) mass is 285 g/mol. The predicted molar refractivity (Wildman–Crippen MR) is 78.7 cm³/mol. The third-order valence-corrected chi connectivity index (χ3v) is 4.13. The second-order valence-corrected chi connectivity index (χ2v) is 5.40. The third kappa shape index (κ3) is 2.21. The molecule has 4 heteroatoms. The minimum atomic E-state index is -1.04. The lowest BCUT2D eigenvalue weighted by atomic mass is 9.91. The smallest absolute Gasteiger partial charge is 0.228 e. The molecular weight excluding hydrogens is 269 g/mol. The van der Waals surface area contributed by atoms with Crippen LogP contribution in [0.1, 0.15) is 33.9 Å². The maximum atomic E-state index is 13.9. The summed E-state index contributed by atoms with van der Waals surface area (Å²) >= 11 is 0. The van der Waals surface area contributed by atoms with E-state index >= 15 is 0 Å². The van der Waals surface area contributed by atoms with Crippen molar-refractivity contribution in [1.29, 1.82) is 0 Å². The number of anilines is 1. The molecule has 0 saturated carbocycles. The zero-order valence-corrected chi connectivity index (χ0v) is 11.9. The van der Waals surface area contributed by atoms with Crippen LogP contribution >= 0.6 is 0 Å². The Morgan fingerprint density at radius 3 is 2.62 bits per heavy atom. The van der Waals surface area contributed by atoms with E-state index in [4.69, 9.17) is 0 Å². The molecule has 1 amide bonds. The van der Waals surface area contributed by atoms with E-state index in [1.54, 1.807) is 24.3 Å². The van der Waals surface area contributed by atoms with Crippen molar-refractivity contribution >= 4 is 11.6 Å². The number of fused-ring (bicyclic) bond motifs is 1. The van der Waals surface area contributed by atoms with E-state index in [1.165, 1.54) is 6.07 Å². The number of halogens is 1. The molecule has 3 nitrogen and oxygen atoms in total. The lowest BCUT2D eigenvalue weighted by molar-refractivity contribution is -0.115. The van der Waals surface area contributed by atoms with Crippen molar-refractivity contribution in [2.45, 2.75) is 26.4 Å². The normalized spacial score (nSPS) is 14.8. The predicted octanol–water partition coefficient (Wildman–Crippen LogP) is 3.02. The lowest BCUT2D eigenvalue weighted by Crippen LogP contribution is -2.07. The summed E-state index contributed by atoms with van der Waals surface area (Å²) in [6, 6.07) is 7.99. The second kappa shape index (κ2) is 4.97. The summed E-state index contributed by atoms with van der Waals surface area (Å²) in [5.74, 6) is -0.484. The van der Waals surface area contributed by atoms with E-state index in [0.29, 0.717) is 12.0 Å². The number of rotatable bonds is 2. The molecule has 3 rings (SSSR count). The number of amides is 1. The maximum Gasteiger partial charge on any atom is 0.228 e. The molecule has 2 N–H and O–H groups in total. The number of aliphatic hydroxyl groups excluding tert-OH is 1. The molecule has 0 radical (unpaired) electrons. The second-order valence-electron chi connectivity index (χ2n) is 5.40. The van der Waals surface area contributed by atoms with E-state index in [1.807, 2.05) is 13.8 Å². The number of nitrogens with one attached hydrogen (secondary N) is 1. The van der Waals surface area contributed by atoms with Crippen molar-refractivity contribution in [2.75, 3.05) is 5.32 Å². The van der Waals surface area contributed by atoms with Gasteiger partial charge in [0.1, 0.15) is 11.9 Å². The Morgan fingerprint density at radius 2 is 1.90 bits per heavy atom. The molecule has 0 spiro atoms. The summed E-state index contributed by atoms with van der Waals surface area (Å²) in [5.41, 5.74) is 4.36. The van der Waals surface area contributed by atoms with Crippen LogP contribution in [0, 0.1) is 19.7 Å². The van der Waals surface area contributed by atoms with Gasteiger partial charge in [-0.2, -0.15) is 0 Å². The van der Waals surface area contributed by atoms with Gasteiger partial charge in [-0.25, -0.2) is 4.39 Å².